The van der Waals surface area contributed by atoms with E-state index in [4.69, 9.17) is 4.74 Å². The summed E-state index contributed by atoms with van der Waals surface area (Å²) in [7, 11) is 1.53. The largest absolute Gasteiger partial charge is 0.371 e. The van der Waals surface area contributed by atoms with Crippen molar-refractivity contribution in [2.45, 2.75) is 58.9 Å². The number of likely N-dealkylation sites (tertiary alicyclic amines) is 2. The van der Waals surface area contributed by atoms with Gasteiger partial charge in [0.15, 0.2) is 0 Å². The molecule has 3 aromatic rings. The molecule has 254 valence electrons. The SMILES string of the molecule is CNC(=O)[C@@H](NC(=O)[C@@H]1CN(C(=O)c2cnn(Cc3ccccc3)c2)CC12CN(C(=O)C1CC(C)(C)C1)C2)[C@@H](C)OCc1ccccc1. The van der Waals surface area contributed by atoms with E-state index in [-0.39, 0.29) is 48.1 Å². The number of amides is 4. The molecule has 1 aromatic heterocycles. The maximum atomic E-state index is 14.1. The van der Waals surface area contributed by atoms with Gasteiger partial charge in [0.2, 0.25) is 17.7 Å². The third-order valence-corrected chi connectivity index (χ3v) is 10.2. The highest BCUT2D eigenvalue weighted by Crippen LogP contribution is 2.49. The van der Waals surface area contributed by atoms with Crippen LogP contribution in [0.1, 0.15) is 55.1 Å². The zero-order chi connectivity index (χ0) is 34.1. The van der Waals surface area contributed by atoms with Gasteiger partial charge < -0.3 is 25.2 Å². The molecule has 1 aliphatic carbocycles. The Morgan fingerprint density at radius 3 is 2.19 bits per heavy atom. The molecule has 3 fully saturated rings. The topological polar surface area (TPSA) is 126 Å². The molecule has 11 heteroatoms. The number of ether oxygens (including phenoxy) is 1. The quantitative estimate of drug-likeness (QED) is 0.328. The van der Waals surface area contributed by atoms with Gasteiger partial charge in [-0.15, -0.1) is 0 Å². The van der Waals surface area contributed by atoms with E-state index in [0.29, 0.717) is 31.7 Å². The highest BCUT2D eigenvalue weighted by molar-refractivity contribution is 5.95. The smallest absolute Gasteiger partial charge is 0.257 e. The maximum Gasteiger partial charge on any atom is 0.257 e. The maximum absolute atomic E-state index is 14.1. The lowest BCUT2D eigenvalue weighted by atomic mass is 9.63. The van der Waals surface area contributed by atoms with Gasteiger partial charge in [-0.25, -0.2) is 0 Å². The van der Waals surface area contributed by atoms with Crippen LogP contribution in [0, 0.1) is 22.7 Å². The summed E-state index contributed by atoms with van der Waals surface area (Å²) in [5.41, 5.74) is 2.02. The molecule has 4 amide bonds. The molecule has 11 nitrogen and oxygen atoms in total. The second-order valence-corrected chi connectivity index (χ2v) is 14.6. The number of likely N-dealkylation sites (N-methyl/N-ethyl adjacent to an activating group) is 1. The van der Waals surface area contributed by atoms with Crippen LogP contribution in [0.3, 0.4) is 0 Å². The lowest BCUT2D eigenvalue weighted by Gasteiger charge is -2.53. The molecule has 6 rings (SSSR count). The number of aromatic nitrogens is 2. The van der Waals surface area contributed by atoms with Gasteiger partial charge in [0.05, 0.1) is 36.9 Å². The first-order valence-corrected chi connectivity index (χ1v) is 16.8. The number of benzene rings is 2. The number of nitrogens with one attached hydrogen (secondary N) is 2. The fraction of sp³-hybridized carbons (Fsp3) is 0.486. The minimum Gasteiger partial charge on any atom is -0.371 e. The Bertz CT molecular complexity index is 1630. The zero-order valence-electron chi connectivity index (χ0n) is 28.2. The molecular weight excluding hydrogens is 608 g/mol. The van der Waals surface area contributed by atoms with E-state index in [1.165, 1.54) is 7.05 Å². The summed E-state index contributed by atoms with van der Waals surface area (Å²) in [6, 6.07) is 18.6. The van der Waals surface area contributed by atoms with Crippen LogP contribution in [0.5, 0.6) is 0 Å². The van der Waals surface area contributed by atoms with Crippen molar-refractivity contribution in [1.29, 1.82) is 0 Å². The molecule has 1 saturated carbocycles. The summed E-state index contributed by atoms with van der Waals surface area (Å²) < 4.78 is 7.77. The molecule has 3 atom stereocenters. The van der Waals surface area contributed by atoms with Gasteiger partial charge in [0.25, 0.3) is 5.91 Å². The summed E-state index contributed by atoms with van der Waals surface area (Å²) >= 11 is 0. The Balaban J connectivity index is 1.17. The van der Waals surface area contributed by atoms with Crippen LogP contribution >= 0.6 is 0 Å². The Kier molecular flexibility index (Phi) is 9.42. The lowest BCUT2D eigenvalue weighted by Crippen LogP contribution is -2.66. The minimum absolute atomic E-state index is 0.000499. The lowest BCUT2D eigenvalue weighted by molar-refractivity contribution is -0.159. The Labute approximate surface area is 282 Å². The van der Waals surface area contributed by atoms with E-state index in [0.717, 1.165) is 24.0 Å². The summed E-state index contributed by atoms with van der Waals surface area (Å²) in [4.78, 5) is 57.9. The Morgan fingerprint density at radius 2 is 1.56 bits per heavy atom. The minimum atomic E-state index is -0.945. The van der Waals surface area contributed by atoms with Crippen molar-refractivity contribution in [3.63, 3.8) is 0 Å². The second kappa shape index (κ2) is 13.5. The van der Waals surface area contributed by atoms with Crippen molar-refractivity contribution in [3.8, 4) is 0 Å². The van der Waals surface area contributed by atoms with E-state index >= 15 is 0 Å². The molecule has 2 N–H and O–H groups in total. The van der Waals surface area contributed by atoms with Crippen LogP contribution in [0.4, 0.5) is 0 Å². The van der Waals surface area contributed by atoms with Gasteiger partial charge in [-0.1, -0.05) is 74.5 Å². The fourth-order valence-corrected chi connectivity index (χ4v) is 7.60. The molecule has 0 bridgehead atoms. The van der Waals surface area contributed by atoms with Crippen molar-refractivity contribution in [2.24, 2.45) is 22.7 Å². The van der Waals surface area contributed by atoms with Crippen LogP contribution < -0.4 is 10.6 Å². The average molecular weight is 655 g/mol. The van der Waals surface area contributed by atoms with E-state index in [1.54, 1.807) is 28.9 Å². The van der Waals surface area contributed by atoms with Crippen molar-refractivity contribution in [1.82, 2.24) is 30.2 Å². The first kappa shape index (κ1) is 33.4. The normalized spacial score (nSPS) is 20.8. The summed E-state index contributed by atoms with van der Waals surface area (Å²) in [6.07, 6.45) is 4.38. The van der Waals surface area contributed by atoms with Crippen molar-refractivity contribution < 1.29 is 23.9 Å². The van der Waals surface area contributed by atoms with Crippen molar-refractivity contribution in [3.05, 3.63) is 89.7 Å². The number of carbonyl (C=O) groups is 4. The van der Waals surface area contributed by atoms with E-state index < -0.39 is 23.5 Å². The van der Waals surface area contributed by atoms with Gasteiger partial charge >= 0.3 is 0 Å². The first-order valence-electron chi connectivity index (χ1n) is 16.8. The van der Waals surface area contributed by atoms with Gasteiger partial charge in [-0.05, 0) is 36.3 Å². The van der Waals surface area contributed by atoms with Gasteiger partial charge in [0, 0.05) is 50.8 Å². The third kappa shape index (κ3) is 7.01. The van der Waals surface area contributed by atoms with Crippen LogP contribution in [0.15, 0.2) is 73.1 Å². The Hall–Kier alpha value is -4.51. The molecule has 3 heterocycles. The predicted octanol–water partition coefficient (Wildman–Crippen LogP) is 3.10. The van der Waals surface area contributed by atoms with Gasteiger partial charge in [0.1, 0.15) is 6.04 Å². The summed E-state index contributed by atoms with van der Waals surface area (Å²) in [5, 5.41) is 10.0. The number of rotatable bonds is 11. The number of carbonyl (C=O) groups excluding carboxylic acids is 4. The fourth-order valence-electron chi connectivity index (χ4n) is 7.60. The molecule has 0 unspecified atom stereocenters. The second-order valence-electron chi connectivity index (χ2n) is 14.6. The highest BCUT2D eigenvalue weighted by Gasteiger charge is 2.60. The van der Waals surface area contributed by atoms with Crippen LogP contribution in [0.25, 0.3) is 0 Å². The van der Waals surface area contributed by atoms with E-state index in [9.17, 15) is 19.2 Å². The average Bonchev–Trinajstić information content (AvgIpc) is 3.70. The van der Waals surface area contributed by atoms with Gasteiger partial charge in [-0.3, -0.25) is 23.9 Å². The number of nitrogens with zero attached hydrogens (tertiary/aromatic N) is 4. The van der Waals surface area contributed by atoms with Crippen molar-refractivity contribution in [2.75, 3.05) is 33.2 Å². The van der Waals surface area contributed by atoms with E-state index in [2.05, 4.69) is 29.6 Å². The van der Waals surface area contributed by atoms with E-state index in [1.807, 2.05) is 65.6 Å². The zero-order valence-corrected chi connectivity index (χ0v) is 28.2. The Morgan fingerprint density at radius 1 is 0.938 bits per heavy atom. The molecule has 2 aromatic carbocycles. The number of hydrogen-bond acceptors (Lipinski definition) is 6. The monoisotopic (exact) mass is 654 g/mol. The molecule has 0 radical (unpaired) electrons. The third-order valence-electron chi connectivity index (χ3n) is 10.2. The molecule has 48 heavy (non-hydrogen) atoms. The van der Waals surface area contributed by atoms with Crippen LogP contribution in [-0.4, -0.2) is 88.6 Å². The predicted molar refractivity (Wildman–Crippen MR) is 179 cm³/mol. The first-order chi connectivity index (χ1) is 23.0. The van der Waals surface area contributed by atoms with Crippen LogP contribution in [-0.2, 0) is 32.3 Å². The molecule has 3 aliphatic rings. The molecule has 1 spiro atoms. The highest BCUT2D eigenvalue weighted by atomic mass is 16.5. The standard InChI is InChI=1S/C37H46N6O5/c1-25(48-21-27-13-9-6-10-14-27)31(33(45)38-4)40-32(44)30-20-41(22-37(30)23-42(24-37)34(46)28-15-36(2,3)16-28)35(47)29-17-39-43(19-29)18-26-11-7-5-8-12-26/h5-14,17,19,25,28,30-31H,15-16,18,20-24H2,1-4H3,(H,38,45)(H,40,44)/t25-,30+,31+/m1/s1. The summed E-state index contributed by atoms with van der Waals surface area (Å²) in [6.45, 7) is 8.21. The molecular formula is C37H46N6O5. The van der Waals surface area contributed by atoms with Crippen LogP contribution in [0.2, 0.25) is 0 Å². The molecule has 2 aliphatic heterocycles. The number of hydrogen-bond donors (Lipinski definition) is 2. The molecule has 2 saturated heterocycles. The summed E-state index contributed by atoms with van der Waals surface area (Å²) in [5.74, 6) is -1.40. The van der Waals surface area contributed by atoms with Crippen molar-refractivity contribution >= 4 is 23.6 Å². The van der Waals surface area contributed by atoms with Gasteiger partial charge in [-0.2, -0.15) is 5.10 Å².